The third-order valence-electron chi connectivity index (χ3n) is 3.35. The number of hydrogen-bond donors (Lipinski definition) is 2. The predicted octanol–water partition coefficient (Wildman–Crippen LogP) is 0.902. The highest BCUT2D eigenvalue weighted by molar-refractivity contribution is 5.92. The summed E-state index contributed by atoms with van der Waals surface area (Å²) in [7, 11) is 0. The van der Waals surface area contributed by atoms with Crippen LogP contribution in [0.3, 0.4) is 0 Å². The number of aryl methyl sites for hydroxylation is 1. The Morgan fingerprint density at radius 2 is 2.47 bits per heavy atom. The average Bonchev–Trinajstić information content (AvgIpc) is 2.95. The Hall–Kier alpha value is -2.18. The van der Waals surface area contributed by atoms with Crippen molar-refractivity contribution in [1.82, 2.24) is 30.0 Å². The SMILES string of the molecule is CCn1ncnc1C(NC(=O)c1cnc[nH]1)C1CC1. The smallest absolute Gasteiger partial charge is 0.269 e. The summed E-state index contributed by atoms with van der Waals surface area (Å²) < 4.78 is 1.83. The standard InChI is InChI=1S/C12H16N6O/c1-2-18-11(15-7-16-18)10(8-3-4-8)17-12(19)9-5-13-6-14-9/h5-8,10H,2-4H2,1H3,(H,13,14)(H,17,19). The third kappa shape index (κ3) is 2.35. The molecule has 7 nitrogen and oxygen atoms in total. The maximum atomic E-state index is 12.1. The number of rotatable bonds is 5. The van der Waals surface area contributed by atoms with Gasteiger partial charge in [-0.2, -0.15) is 5.10 Å². The third-order valence-corrected chi connectivity index (χ3v) is 3.35. The molecule has 100 valence electrons. The molecule has 0 saturated heterocycles. The zero-order valence-corrected chi connectivity index (χ0v) is 10.7. The molecule has 0 bridgehead atoms. The van der Waals surface area contributed by atoms with Crippen LogP contribution < -0.4 is 5.32 Å². The molecule has 0 aromatic carbocycles. The molecule has 2 N–H and O–H groups in total. The molecule has 7 heteroatoms. The summed E-state index contributed by atoms with van der Waals surface area (Å²) in [5.41, 5.74) is 0.466. The Kier molecular flexibility index (Phi) is 3.02. The second-order valence-electron chi connectivity index (χ2n) is 4.69. The lowest BCUT2D eigenvalue weighted by atomic mass is 10.1. The maximum absolute atomic E-state index is 12.1. The van der Waals surface area contributed by atoms with Crippen LogP contribution in [0.4, 0.5) is 0 Å². The molecule has 2 heterocycles. The van der Waals surface area contributed by atoms with Crippen molar-refractivity contribution >= 4 is 5.91 Å². The van der Waals surface area contributed by atoms with Crippen molar-refractivity contribution < 1.29 is 4.79 Å². The van der Waals surface area contributed by atoms with Crippen molar-refractivity contribution in [2.45, 2.75) is 32.4 Å². The molecule has 2 aromatic rings. The Morgan fingerprint density at radius 3 is 3.11 bits per heavy atom. The van der Waals surface area contributed by atoms with Gasteiger partial charge in [-0.3, -0.25) is 4.79 Å². The molecule has 19 heavy (non-hydrogen) atoms. The minimum atomic E-state index is -0.153. The number of hydrogen-bond acceptors (Lipinski definition) is 4. The average molecular weight is 260 g/mol. The fourth-order valence-corrected chi connectivity index (χ4v) is 2.18. The fourth-order valence-electron chi connectivity index (χ4n) is 2.18. The number of imidazole rings is 1. The summed E-state index contributed by atoms with van der Waals surface area (Å²) in [6, 6.07) is -0.0711. The molecule has 1 aliphatic rings. The van der Waals surface area contributed by atoms with Crippen LogP contribution in [0, 0.1) is 5.92 Å². The number of nitrogens with one attached hydrogen (secondary N) is 2. The quantitative estimate of drug-likeness (QED) is 0.836. The van der Waals surface area contributed by atoms with Crippen LogP contribution in [0.1, 0.15) is 42.1 Å². The first-order valence-electron chi connectivity index (χ1n) is 6.46. The van der Waals surface area contributed by atoms with E-state index in [1.807, 2.05) is 11.6 Å². The summed E-state index contributed by atoms with van der Waals surface area (Å²) in [5, 5.41) is 7.19. The number of nitrogens with zero attached hydrogens (tertiary/aromatic N) is 4. The summed E-state index contributed by atoms with van der Waals surface area (Å²) in [6.45, 7) is 2.76. The van der Waals surface area contributed by atoms with Crippen LogP contribution in [0.15, 0.2) is 18.9 Å². The highest BCUT2D eigenvalue weighted by Crippen LogP contribution is 2.40. The van der Waals surface area contributed by atoms with Crippen LogP contribution in [-0.2, 0) is 6.54 Å². The zero-order valence-electron chi connectivity index (χ0n) is 10.7. The lowest BCUT2D eigenvalue weighted by Crippen LogP contribution is -2.32. The van der Waals surface area contributed by atoms with Crippen LogP contribution in [0.5, 0.6) is 0 Å². The van der Waals surface area contributed by atoms with Crippen LogP contribution >= 0.6 is 0 Å². The van der Waals surface area contributed by atoms with E-state index >= 15 is 0 Å². The van der Waals surface area contributed by atoms with E-state index in [1.165, 1.54) is 18.9 Å². The summed E-state index contributed by atoms with van der Waals surface area (Å²) in [5.74, 6) is 1.14. The van der Waals surface area contributed by atoms with Gasteiger partial charge in [0.15, 0.2) is 0 Å². The first-order valence-corrected chi connectivity index (χ1v) is 6.46. The second kappa shape index (κ2) is 4.83. The minimum Gasteiger partial charge on any atom is -0.341 e. The predicted molar refractivity (Wildman–Crippen MR) is 67.2 cm³/mol. The molecule has 1 unspecified atom stereocenters. The Labute approximate surface area is 110 Å². The van der Waals surface area contributed by atoms with Crippen LogP contribution in [0.25, 0.3) is 0 Å². The number of aromatic nitrogens is 5. The Bertz CT molecular complexity index is 557. The van der Waals surface area contributed by atoms with Crippen LogP contribution in [-0.4, -0.2) is 30.6 Å². The Balaban J connectivity index is 1.80. The van der Waals surface area contributed by atoms with E-state index < -0.39 is 0 Å². The van der Waals surface area contributed by atoms with Gasteiger partial charge in [0.25, 0.3) is 5.91 Å². The monoisotopic (exact) mass is 260 g/mol. The van der Waals surface area contributed by atoms with E-state index in [-0.39, 0.29) is 11.9 Å². The van der Waals surface area contributed by atoms with E-state index in [1.54, 1.807) is 0 Å². The first kappa shape index (κ1) is 11.9. The largest absolute Gasteiger partial charge is 0.341 e. The van der Waals surface area contributed by atoms with E-state index in [9.17, 15) is 4.79 Å². The van der Waals surface area contributed by atoms with E-state index in [4.69, 9.17) is 0 Å². The molecular weight excluding hydrogens is 244 g/mol. The molecule has 0 spiro atoms. The number of carbonyl (C=O) groups excluding carboxylic acids is 1. The zero-order chi connectivity index (χ0) is 13.2. The van der Waals surface area contributed by atoms with Gasteiger partial charge in [-0.15, -0.1) is 0 Å². The normalized spacial score (nSPS) is 16.3. The van der Waals surface area contributed by atoms with Gasteiger partial charge in [0.2, 0.25) is 0 Å². The lowest BCUT2D eigenvalue weighted by Gasteiger charge is -2.17. The van der Waals surface area contributed by atoms with Crippen molar-refractivity contribution in [2.24, 2.45) is 5.92 Å². The van der Waals surface area contributed by atoms with Crippen molar-refractivity contribution in [3.05, 3.63) is 30.4 Å². The van der Waals surface area contributed by atoms with Gasteiger partial charge in [-0.1, -0.05) is 0 Å². The number of aromatic amines is 1. The highest BCUT2D eigenvalue weighted by atomic mass is 16.2. The maximum Gasteiger partial charge on any atom is 0.269 e. The number of H-pyrrole nitrogens is 1. The molecule has 1 fully saturated rings. The molecule has 1 aliphatic carbocycles. The summed E-state index contributed by atoms with van der Waals surface area (Å²) in [4.78, 5) is 23.1. The van der Waals surface area contributed by atoms with Gasteiger partial charge in [0.05, 0.1) is 18.6 Å². The lowest BCUT2D eigenvalue weighted by molar-refractivity contribution is 0.0924. The molecule has 2 aromatic heterocycles. The van der Waals surface area contributed by atoms with Crippen LogP contribution in [0.2, 0.25) is 0 Å². The Morgan fingerprint density at radius 1 is 1.63 bits per heavy atom. The summed E-state index contributed by atoms with van der Waals surface area (Å²) >= 11 is 0. The van der Waals surface area contributed by atoms with E-state index in [0.29, 0.717) is 11.6 Å². The van der Waals surface area contributed by atoms with Gasteiger partial charge in [0.1, 0.15) is 17.8 Å². The van der Waals surface area contributed by atoms with Gasteiger partial charge >= 0.3 is 0 Å². The summed E-state index contributed by atoms with van der Waals surface area (Å²) in [6.07, 6.45) is 6.78. The molecule has 1 amide bonds. The van der Waals surface area contributed by atoms with Crippen molar-refractivity contribution in [1.29, 1.82) is 0 Å². The molecule has 1 saturated carbocycles. The minimum absolute atomic E-state index is 0.0711. The van der Waals surface area contributed by atoms with E-state index in [2.05, 4.69) is 25.4 Å². The first-order chi connectivity index (χ1) is 9.29. The molecule has 1 atom stereocenters. The van der Waals surface area contributed by atoms with Crippen molar-refractivity contribution in [3.63, 3.8) is 0 Å². The van der Waals surface area contributed by atoms with Crippen molar-refractivity contribution in [2.75, 3.05) is 0 Å². The molecule has 0 aliphatic heterocycles. The van der Waals surface area contributed by atoms with Gasteiger partial charge in [0, 0.05) is 6.54 Å². The second-order valence-corrected chi connectivity index (χ2v) is 4.69. The topological polar surface area (TPSA) is 88.5 Å². The molecule has 3 rings (SSSR count). The van der Waals surface area contributed by atoms with Crippen molar-refractivity contribution in [3.8, 4) is 0 Å². The van der Waals surface area contributed by atoms with Gasteiger partial charge in [-0.05, 0) is 25.7 Å². The number of amides is 1. The van der Waals surface area contributed by atoms with E-state index in [0.717, 1.165) is 25.2 Å². The van der Waals surface area contributed by atoms with Gasteiger partial charge in [-0.25, -0.2) is 14.6 Å². The fraction of sp³-hybridized carbons (Fsp3) is 0.500. The van der Waals surface area contributed by atoms with Gasteiger partial charge < -0.3 is 10.3 Å². The highest BCUT2D eigenvalue weighted by Gasteiger charge is 2.36. The molecule has 0 radical (unpaired) electrons. The number of carbonyl (C=O) groups is 1. The molecular formula is C12H16N6O.